The normalized spacial score (nSPS) is 15.4. The fourth-order valence-corrected chi connectivity index (χ4v) is 0.788. The molecule has 0 aromatic carbocycles. The van der Waals surface area contributed by atoms with E-state index in [0.717, 1.165) is 0 Å². The van der Waals surface area contributed by atoms with Gasteiger partial charge in [-0.15, -0.1) is 0 Å². The zero-order valence-corrected chi connectivity index (χ0v) is 6.61. The monoisotopic (exact) mass is 196 g/mol. The van der Waals surface area contributed by atoms with Crippen molar-refractivity contribution in [1.82, 2.24) is 0 Å². The van der Waals surface area contributed by atoms with E-state index in [9.17, 15) is 18.4 Å². The summed E-state index contributed by atoms with van der Waals surface area (Å²) in [5, 5.41) is 8.30. The highest BCUT2D eigenvalue weighted by molar-refractivity contribution is 5.77. The first kappa shape index (κ1) is 11.8. The number of nitrogens with two attached hydrogens (primary N) is 2. The second-order valence-electron chi connectivity index (χ2n) is 2.53. The molecule has 0 radical (unpaired) electrons. The van der Waals surface area contributed by atoms with E-state index < -0.39 is 36.7 Å². The van der Waals surface area contributed by atoms with Crippen molar-refractivity contribution in [3.8, 4) is 0 Å². The third-order valence-corrected chi connectivity index (χ3v) is 1.51. The van der Waals surface area contributed by atoms with Crippen LogP contribution in [0.1, 0.15) is 6.42 Å². The van der Waals surface area contributed by atoms with E-state index >= 15 is 0 Å². The molecular formula is C6H10F2N2O3. The number of hydrogen-bond donors (Lipinski definition) is 3. The first-order valence-electron chi connectivity index (χ1n) is 3.41. The molecule has 76 valence electrons. The third kappa shape index (κ3) is 3.79. The molecule has 0 aromatic heterocycles. The van der Waals surface area contributed by atoms with Gasteiger partial charge in [0, 0.05) is 6.42 Å². The van der Waals surface area contributed by atoms with Gasteiger partial charge in [-0.05, 0) is 0 Å². The molecule has 1 amide bonds. The SMILES string of the molecule is NC(=O)CC(C(F)F)[C@H](N)C(=O)O. The predicted molar refractivity (Wildman–Crippen MR) is 38.9 cm³/mol. The number of hydrogen-bond acceptors (Lipinski definition) is 3. The second-order valence-corrected chi connectivity index (χ2v) is 2.53. The highest BCUT2D eigenvalue weighted by atomic mass is 19.3. The molecule has 0 spiro atoms. The van der Waals surface area contributed by atoms with Gasteiger partial charge in [-0.2, -0.15) is 0 Å². The quantitative estimate of drug-likeness (QED) is 0.532. The van der Waals surface area contributed by atoms with Crippen molar-refractivity contribution in [2.75, 3.05) is 0 Å². The molecule has 5 N–H and O–H groups in total. The van der Waals surface area contributed by atoms with Crippen molar-refractivity contribution in [1.29, 1.82) is 0 Å². The molecule has 5 nitrogen and oxygen atoms in total. The summed E-state index contributed by atoms with van der Waals surface area (Å²) < 4.78 is 24.2. The van der Waals surface area contributed by atoms with E-state index in [1.54, 1.807) is 0 Å². The van der Waals surface area contributed by atoms with Gasteiger partial charge < -0.3 is 16.6 Å². The Kier molecular flexibility index (Phi) is 4.26. The first-order valence-corrected chi connectivity index (χ1v) is 3.41. The predicted octanol–water partition coefficient (Wildman–Crippen LogP) is -0.845. The molecule has 1 unspecified atom stereocenters. The maximum atomic E-state index is 12.1. The molecule has 7 heteroatoms. The van der Waals surface area contributed by atoms with Crippen molar-refractivity contribution < 1.29 is 23.5 Å². The minimum Gasteiger partial charge on any atom is -0.480 e. The van der Waals surface area contributed by atoms with E-state index in [-0.39, 0.29) is 0 Å². The molecular weight excluding hydrogens is 186 g/mol. The van der Waals surface area contributed by atoms with Crippen molar-refractivity contribution >= 4 is 11.9 Å². The van der Waals surface area contributed by atoms with Crippen LogP contribution in [0.4, 0.5) is 8.78 Å². The Morgan fingerprint density at radius 3 is 2.08 bits per heavy atom. The van der Waals surface area contributed by atoms with Crippen molar-refractivity contribution in [3.63, 3.8) is 0 Å². The Labute approximate surface area is 72.7 Å². The van der Waals surface area contributed by atoms with Crippen LogP contribution in [-0.4, -0.2) is 29.5 Å². The number of carbonyl (C=O) groups excluding carboxylic acids is 1. The Hall–Kier alpha value is -1.24. The number of rotatable bonds is 5. The molecule has 0 saturated heterocycles. The number of halogens is 2. The molecule has 0 aliphatic rings. The van der Waals surface area contributed by atoms with Crippen LogP contribution in [0.15, 0.2) is 0 Å². The van der Waals surface area contributed by atoms with Crippen LogP contribution in [0.5, 0.6) is 0 Å². The average molecular weight is 196 g/mol. The lowest BCUT2D eigenvalue weighted by Gasteiger charge is -2.17. The van der Waals surface area contributed by atoms with Crippen LogP contribution in [-0.2, 0) is 9.59 Å². The largest absolute Gasteiger partial charge is 0.480 e. The lowest BCUT2D eigenvalue weighted by atomic mass is 9.97. The first-order chi connectivity index (χ1) is 5.86. The van der Waals surface area contributed by atoms with Crippen LogP contribution >= 0.6 is 0 Å². The van der Waals surface area contributed by atoms with E-state index in [1.807, 2.05) is 0 Å². The number of amides is 1. The summed E-state index contributed by atoms with van der Waals surface area (Å²) in [6, 6.07) is -1.77. The number of carbonyl (C=O) groups is 2. The molecule has 0 heterocycles. The summed E-state index contributed by atoms with van der Waals surface area (Å²) in [6.07, 6.45) is -3.70. The molecule has 0 saturated carbocycles. The van der Waals surface area contributed by atoms with E-state index in [1.165, 1.54) is 0 Å². The second kappa shape index (κ2) is 4.70. The van der Waals surface area contributed by atoms with Crippen LogP contribution in [0, 0.1) is 5.92 Å². The van der Waals surface area contributed by atoms with Gasteiger partial charge in [0.1, 0.15) is 6.04 Å². The van der Waals surface area contributed by atoms with Crippen molar-refractivity contribution in [3.05, 3.63) is 0 Å². The summed E-state index contributed by atoms with van der Waals surface area (Å²) in [5.41, 5.74) is 9.57. The third-order valence-electron chi connectivity index (χ3n) is 1.51. The van der Waals surface area contributed by atoms with Crippen molar-refractivity contribution in [2.24, 2.45) is 17.4 Å². The molecule has 0 aliphatic carbocycles. The Balaban J connectivity index is 4.41. The van der Waals surface area contributed by atoms with E-state index in [0.29, 0.717) is 0 Å². The molecule has 0 bridgehead atoms. The standard InChI is InChI=1S/C6H10F2N2O3/c7-5(8)2(1-3(9)11)4(10)6(12)13/h2,4-5H,1,10H2,(H2,9,11)(H,12,13)/t2?,4-/m0/s1. The van der Waals surface area contributed by atoms with Gasteiger partial charge in [0.25, 0.3) is 0 Å². The van der Waals surface area contributed by atoms with Gasteiger partial charge in [-0.3, -0.25) is 9.59 Å². The molecule has 0 aliphatic heterocycles. The van der Waals surface area contributed by atoms with Gasteiger partial charge in [0.05, 0.1) is 5.92 Å². The van der Waals surface area contributed by atoms with Crippen LogP contribution in [0.25, 0.3) is 0 Å². The lowest BCUT2D eigenvalue weighted by Crippen LogP contribution is -2.43. The number of alkyl halides is 2. The van der Waals surface area contributed by atoms with Crippen LogP contribution < -0.4 is 11.5 Å². The zero-order chi connectivity index (χ0) is 10.6. The summed E-state index contributed by atoms with van der Waals surface area (Å²) in [5.74, 6) is -4.30. The minimum atomic E-state index is -2.97. The maximum Gasteiger partial charge on any atom is 0.320 e. The molecule has 0 rings (SSSR count). The fourth-order valence-electron chi connectivity index (χ4n) is 0.788. The summed E-state index contributed by atoms with van der Waals surface area (Å²) >= 11 is 0. The molecule has 2 atom stereocenters. The fraction of sp³-hybridized carbons (Fsp3) is 0.667. The van der Waals surface area contributed by atoms with Gasteiger partial charge in [0.2, 0.25) is 12.3 Å². The Morgan fingerprint density at radius 2 is 1.85 bits per heavy atom. The smallest absolute Gasteiger partial charge is 0.320 e. The van der Waals surface area contributed by atoms with E-state index in [4.69, 9.17) is 10.8 Å². The minimum absolute atomic E-state index is 0.731. The number of primary amides is 1. The average Bonchev–Trinajstić information content (AvgIpc) is 1.97. The Bertz CT molecular complexity index is 210. The Morgan fingerprint density at radius 1 is 1.38 bits per heavy atom. The topological polar surface area (TPSA) is 106 Å². The van der Waals surface area contributed by atoms with Gasteiger partial charge in [-0.1, -0.05) is 0 Å². The molecule has 13 heavy (non-hydrogen) atoms. The van der Waals surface area contributed by atoms with Crippen molar-refractivity contribution in [2.45, 2.75) is 18.9 Å². The zero-order valence-electron chi connectivity index (χ0n) is 6.61. The van der Waals surface area contributed by atoms with Crippen LogP contribution in [0.3, 0.4) is 0 Å². The van der Waals surface area contributed by atoms with Gasteiger partial charge >= 0.3 is 5.97 Å². The summed E-state index contributed by atoms with van der Waals surface area (Å²) in [4.78, 5) is 20.5. The molecule has 0 fully saturated rings. The highest BCUT2D eigenvalue weighted by Gasteiger charge is 2.33. The number of carboxylic acid groups (broad SMARTS) is 1. The summed E-state index contributed by atoms with van der Waals surface area (Å²) in [7, 11) is 0. The number of aliphatic carboxylic acids is 1. The lowest BCUT2D eigenvalue weighted by molar-refractivity contribution is -0.142. The van der Waals surface area contributed by atoms with Crippen LogP contribution in [0.2, 0.25) is 0 Å². The highest BCUT2D eigenvalue weighted by Crippen LogP contribution is 2.17. The van der Waals surface area contributed by atoms with Gasteiger partial charge in [-0.25, -0.2) is 8.78 Å². The number of carboxylic acids is 1. The maximum absolute atomic E-state index is 12.1. The molecule has 0 aromatic rings. The van der Waals surface area contributed by atoms with E-state index in [2.05, 4.69) is 5.73 Å². The summed E-state index contributed by atoms with van der Waals surface area (Å²) in [6.45, 7) is 0. The van der Waals surface area contributed by atoms with Gasteiger partial charge in [0.15, 0.2) is 0 Å².